The summed E-state index contributed by atoms with van der Waals surface area (Å²) in [4.78, 5) is 0. The Balaban J connectivity index is 1.63. The molecule has 0 bridgehead atoms. The Bertz CT molecular complexity index is 616. The van der Waals surface area contributed by atoms with Crippen LogP contribution in [0.5, 0.6) is 5.75 Å². The smallest absolute Gasteiger partial charge is 0.119 e. The molecule has 1 atom stereocenters. The van der Waals surface area contributed by atoms with Gasteiger partial charge in [-0.3, -0.25) is 5.10 Å². The standard InChI is InChI=1S/C18H25N3O2/c1-3-19-11-17-13(2)18(21-20-17)14-6-8-15(9-7-14)23-12-16-5-4-10-22-16/h6-9,16,19H,3-5,10-12H2,1-2H3,(H,20,21). The van der Waals surface area contributed by atoms with Crippen molar-refractivity contribution in [2.24, 2.45) is 0 Å². The van der Waals surface area contributed by atoms with E-state index in [1.165, 1.54) is 5.56 Å². The number of nitrogens with zero attached hydrogens (tertiary/aromatic N) is 1. The van der Waals surface area contributed by atoms with Crippen LogP contribution in [0.25, 0.3) is 11.3 Å². The van der Waals surface area contributed by atoms with Gasteiger partial charge >= 0.3 is 0 Å². The molecule has 5 nitrogen and oxygen atoms in total. The van der Waals surface area contributed by atoms with Gasteiger partial charge in [-0.15, -0.1) is 0 Å². The first-order valence-corrected chi connectivity index (χ1v) is 8.37. The van der Waals surface area contributed by atoms with Crippen LogP contribution in [0, 0.1) is 6.92 Å². The lowest BCUT2D eigenvalue weighted by atomic mass is 10.1. The van der Waals surface area contributed by atoms with Gasteiger partial charge in [-0.2, -0.15) is 5.10 Å². The molecule has 2 heterocycles. The molecule has 2 aromatic rings. The summed E-state index contributed by atoms with van der Waals surface area (Å²) in [5, 5.41) is 10.9. The number of ether oxygens (including phenoxy) is 2. The Kier molecular flexibility index (Phi) is 5.31. The minimum Gasteiger partial charge on any atom is -0.491 e. The normalized spacial score (nSPS) is 17.6. The first kappa shape index (κ1) is 16.0. The molecule has 2 N–H and O–H groups in total. The van der Waals surface area contributed by atoms with E-state index in [1.54, 1.807) is 0 Å². The van der Waals surface area contributed by atoms with Crippen molar-refractivity contribution in [3.8, 4) is 17.0 Å². The average molecular weight is 315 g/mol. The van der Waals surface area contributed by atoms with Crippen LogP contribution in [-0.2, 0) is 11.3 Å². The van der Waals surface area contributed by atoms with E-state index >= 15 is 0 Å². The maximum atomic E-state index is 5.81. The molecular formula is C18H25N3O2. The number of H-pyrrole nitrogens is 1. The van der Waals surface area contributed by atoms with Crippen molar-refractivity contribution >= 4 is 0 Å². The zero-order valence-corrected chi connectivity index (χ0v) is 13.9. The lowest BCUT2D eigenvalue weighted by molar-refractivity contribution is 0.0679. The zero-order valence-electron chi connectivity index (χ0n) is 13.9. The molecule has 23 heavy (non-hydrogen) atoms. The van der Waals surface area contributed by atoms with E-state index in [0.29, 0.717) is 6.61 Å². The van der Waals surface area contributed by atoms with E-state index in [4.69, 9.17) is 9.47 Å². The molecule has 1 saturated heterocycles. The number of hydrogen-bond acceptors (Lipinski definition) is 4. The molecule has 1 aliphatic heterocycles. The molecule has 0 spiro atoms. The van der Waals surface area contributed by atoms with Gasteiger partial charge in [0.25, 0.3) is 0 Å². The van der Waals surface area contributed by atoms with Crippen molar-refractivity contribution in [1.29, 1.82) is 0 Å². The van der Waals surface area contributed by atoms with E-state index in [0.717, 1.165) is 55.2 Å². The SMILES string of the molecule is CCNCc1[nH]nc(-c2ccc(OCC3CCCO3)cc2)c1C. The highest BCUT2D eigenvalue weighted by Crippen LogP contribution is 2.25. The van der Waals surface area contributed by atoms with Gasteiger partial charge in [0, 0.05) is 18.7 Å². The highest BCUT2D eigenvalue weighted by molar-refractivity contribution is 5.64. The highest BCUT2D eigenvalue weighted by Gasteiger charge is 2.16. The van der Waals surface area contributed by atoms with Gasteiger partial charge in [-0.25, -0.2) is 0 Å². The van der Waals surface area contributed by atoms with E-state index in [9.17, 15) is 0 Å². The number of hydrogen-bond donors (Lipinski definition) is 2. The summed E-state index contributed by atoms with van der Waals surface area (Å²) in [5.41, 5.74) is 4.44. The fourth-order valence-electron chi connectivity index (χ4n) is 2.81. The Morgan fingerprint density at radius 2 is 2.17 bits per heavy atom. The predicted molar refractivity (Wildman–Crippen MR) is 90.6 cm³/mol. The quantitative estimate of drug-likeness (QED) is 0.824. The van der Waals surface area contributed by atoms with Crippen molar-refractivity contribution in [1.82, 2.24) is 15.5 Å². The van der Waals surface area contributed by atoms with Gasteiger partial charge in [0.15, 0.2) is 0 Å². The third-order valence-electron chi connectivity index (χ3n) is 4.25. The lowest BCUT2D eigenvalue weighted by Gasteiger charge is -2.11. The minimum absolute atomic E-state index is 0.247. The first-order valence-electron chi connectivity index (χ1n) is 8.37. The number of benzene rings is 1. The number of nitrogens with one attached hydrogen (secondary N) is 2. The molecule has 0 aliphatic carbocycles. The largest absolute Gasteiger partial charge is 0.491 e. The topological polar surface area (TPSA) is 59.2 Å². The molecule has 1 aromatic heterocycles. The van der Waals surface area contributed by atoms with Crippen LogP contribution < -0.4 is 10.1 Å². The van der Waals surface area contributed by atoms with Gasteiger partial charge in [0.1, 0.15) is 12.4 Å². The van der Waals surface area contributed by atoms with Gasteiger partial charge in [-0.1, -0.05) is 6.92 Å². The van der Waals surface area contributed by atoms with Gasteiger partial charge in [-0.05, 0) is 56.1 Å². The van der Waals surface area contributed by atoms with Crippen LogP contribution in [0.2, 0.25) is 0 Å². The van der Waals surface area contributed by atoms with E-state index in [-0.39, 0.29) is 6.10 Å². The third-order valence-corrected chi connectivity index (χ3v) is 4.25. The average Bonchev–Trinajstić information content (AvgIpc) is 3.22. The summed E-state index contributed by atoms with van der Waals surface area (Å²) >= 11 is 0. The van der Waals surface area contributed by atoms with E-state index in [1.807, 2.05) is 12.1 Å². The van der Waals surface area contributed by atoms with Crippen LogP contribution in [0.4, 0.5) is 0 Å². The molecule has 1 unspecified atom stereocenters. The fraction of sp³-hybridized carbons (Fsp3) is 0.500. The van der Waals surface area contributed by atoms with Crippen LogP contribution in [-0.4, -0.2) is 36.1 Å². The minimum atomic E-state index is 0.247. The van der Waals surface area contributed by atoms with Gasteiger partial charge in [0.2, 0.25) is 0 Å². The third kappa shape index (κ3) is 3.92. The van der Waals surface area contributed by atoms with Crippen LogP contribution in [0.1, 0.15) is 31.0 Å². The number of aromatic amines is 1. The molecule has 1 fully saturated rings. The Labute approximate surface area is 137 Å². The first-order chi connectivity index (χ1) is 11.3. The zero-order chi connectivity index (χ0) is 16.1. The fourth-order valence-corrected chi connectivity index (χ4v) is 2.81. The molecule has 0 radical (unpaired) electrons. The molecule has 3 rings (SSSR count). The summed E-state index contributed by atoms with van der Waals surface area (Å²) in [6.07, 6.45) is 2.48. The van der Waals surface area contributed by atoms with Crippen molar-refractivity contribution in [2.75, 3.05) is 19.8 Å². The number of rotatable bonds is 7. The van der Waals surface area contributed by atoms with Crippen LogP contribution >= 0.6 is 0 Å². The second-order valence-electron chi connectivity index (χ2n) is 5.93. The maximum absolute atomic E-state index is 5.81. The Hall–Kier alpha value is -1.85. The summed E-state index contributed by atoms with van der Waals surface area (Å²) in [6, 6.07) is 8.13. The maximum Gasteiger partial charge on any atom is 0.119 e. The van der Waals surface area contributed by atoms with Crippen molar-refractivity contribution in [2.45, 2.75) is 39.3 Å². The predicted octanol–water partition coefficient (Wildman–Crippen LogP) is 3.05. The lowest BCUT2D eigenvalue weighted by Crippen LogP contribution is -2.16. The molecule has 0 amide bonds. The summed E-state index contributed by atoms with van der Waals surface area (Å²) < 4.78 is 11.4. The van der Waals surface area contributed by atoms with Crippen LogP contribution in [0.15, 0.2) is 24.3 Å². The number of aromatic nitrogens is 2. The van der Waals surface area contributed by atoms with E-state index in [2.05, 4.69) is 41.5 Å². The molecule has 1 aliphatic rings. The summed E-state index contributed by atoms with van der Waals surface area (Å²) in [6.45, 7) is 7.46. The summed E-state index contributed by atoms with van der Waals surface area (Å²) in [5.74, 6) is 0.880. The molecule has 1 aromatic carbocycles. The van der Waals surface area contributed by atoms with Gasteiger partial charge in [0.05, 0.1) is 17.5 Å². The second kappa shape index (κ2) is 7.62. The van der Waals surface area contributed by atoms with Gasteiger partial charge < -0.3 is 14.8 Å². The van der Waals surface area contributed by atoms with Crippen molar-refractivity contribution < 1.29 is 9.47 Å². The van der Waals surface area contributed by atoms with Crippen molar-refractivity contribution in [3.63, 3.8) is 0 Å². The van der Waals surface area contributed by atoms with Crippen LogP contribution in [0.3, 0.4) is 0 Å². The highest BCUT2D eigenvalue weighted by atomic mass is 16.5. The molecule has 124 valence electrons. The molecule has 5 heteroatoms. The van der Waals surface area contributed by atoms with Crippen molar-refractivity contribution in [3.05, 3.63) is 35.5 Å². The summed E-state index contributed by atoms with van der Waals surface area (Å²) in [7, 11) is 0. The molecule has 0 saturated carbocycles. The molecular weight excluding hydrogens is 290 g/mol. The Morgan fingerprint density at radius 1 is 1.35 bits per heavy atom. The Morgan fingerprint density at radius 3 is 2.87 bits per heavy atom. The second-order valence-corrected chi connectivity index (χ2v) is 5.93. The monoisotopic (exact) mass is 315 g/mol. The van der Waals surface area contributed by atoms with E-state index < -0.39 is 0 Å².